The van der Waals surface area contributed by atoms with Crippen LogP contribution in [0.25, 0.3) is 0 Å². The average Bonchev–Trinajstić information content (AvgIpc) is 2.89. The van der Waals surface area contributed by atoms with Gasteiger partial charge in [-0.15, -0.1) is 11.3 Å². The van der Waals surface area contributed by atoms with E-state index in [0.717, 1.165) is 32.5 Å². The molecule has 4 heteroatoms. The minimum atomic E-state index is 0.243. The normalized spacial score (nSPS) is 15.5. The zero-order chi connectivity index (χ0) is 12.3. The van der Waals surface area contributed by atoms with Crippen molar-refractivity contribution in [2.24, 2.45) is 0 Å². The number of rotatable bonds is 4. The molecule has 1 amide bonds. The van der Waals surface area contributed by atoms with Crippen molar-refractivity contribution in [1.29, 1.82) is 0 Å². The van der Waals surface area contributed by atoms with E-state index in [2.05, 4.69) is 25.2 Å². The summed E-state index contributed by atoms with van der Waals surface area (Å²) < 4.78 is 0. The first kappa shape index (κ1) is 12.6. The van der Waals surface area contributed by atoms with E-state index in [9.17, 15) is 4.79 Å². The maximum atomic E-state index is 11.8. The van der Waals surface area contributed by atoms with Gasteiger partial charge in [0.05, 0.1) is 6.54 Å². The molecule has 1 N–H and O–H groups in total. The Morgan fingerprint density at radius 1 is 1.41 bits per heavy atom. The molecule has 1 aromatic heterocycles. The van der Waals surface area contributed by atoms with Crippen molar-refractivity contribution in [2.45, 2.75) is 33.2 Å². The molecule has 1 aromatic rings. The number of carbonyl (C=O) groups is 1. The molecule has 0 bridgehead atoms. The average molecular weight is 252 g/mol. The smallest absolute Gasteiger partial charge is 0.236 e. The lowest BCUT2D eigenvalue weighted by atomic mass is 10.2. The largest absolute Gasteiger partial charge is 0.342 e. The fraction of sp³-hybridized carbons (Fsp3) is 0.615. The van der Waals surface area contributed by atoms with Gasteiger partial charge >= 0.3 is 0 Å². The number of hydrogen-bond acceptors (Lipinski definition) is 3. The van der Waals surface area contributed by atoms with Gasteiger partial charge in [-0.25, -0.2) is 0 Å². The summed E-state index contributed by atoms with van der Waals surface area (Å²) >= 11 is 1.82. The Labute approximate surface area is 107 Å². The molecule has 0 saturated carbocycles. The van der Waals surface area contributed by atoms with Gasteiger partial charge in [0.1, 0.15) is 0 Å². The Balaban J connectivity index is 1.75. The molecule has 0 unspecified atom stereocenters. The summed E-state index contributed by atoms with van der Waals surface area (Å²) in [6.07, 6.45) is 2.32. The monoisotopic (exact) mass is 252 g/mol. The molecule has 0 radical (unpaired) electrons. The third-order valence-corrected chi connectivity index (χ3v) is 4.20. The predicted molar refractivity (Wildman–Crippen MR) is 71.3 cm³/mol. The first-order valence-corrected chi connectivity index (χ1v) is 7.03. The van der Waals surface area contributed by atoms with Gasteiger partial charge in [-0.05, 0) is 38.3 Å². The standard InChI is InChI=1S/C13H20N2OS/c1-10-7-12(11(2)17-10)8-14-9-13(16)15-5-3-4-6-15/h7,14H,3-6,8-9H2,1-2H3. The van der Waals surface area contributed by atoms with Crippen molar-refractivity contribution in [3.05, 3.63) is 21.4 Å². The Morgan fingerprint density at radius 3 is 2.71 bits per heavy atom. The van der Waals surface area contributed by atoms with E-state index in [1.165, 1.54) is 15.3 Å². The van der Waals surface area contributed by atoms with Crippen molar-refractivity contribution >= 4 is 17.2 Å². The van der Waals surface area contributed by atoms with Crippen LogP contribution in [0.4, 0.5) is 0 Å². The second kappa shape index (κ2) is 5.65. The summed E-state index contributed by atoms with van der Waals surface area (Å²) in [6.45, 7) is 7.41. The maximum absolute atomic E-state index is 11.8. The van der Waals surface area contributed by atoms with Gasteiger partial charge in [0, 0.05) is 29.4 Å². The molecule has 94 valence electrons. The van der Waals surface area contributed by atoms with Gasteiger partial charge in [-0.1, -0.05) is 0 Å². The molecule has 1 aliphatic heterocycles. The Kier molecular flexibility index (Phi) is 4.18. The second-order valence-electron chi connectivity index (χ2n) is 4.63. The van der Waals surface area contributed by atoms with Gasteiger partial charge in [0.15, 0.2) is 0 Å². The number of amides is 1. The molecule has 2 rings (SSSR count). The molecule has 1 fully saturated rings. The van der Waals surface area contributed by atoms with Crippen molar-refractivity contribution in [2.75, 3.05) is 19.6 Å². The van der Waals surface area contributed by atoms with Crippen molar-refractivity contribution < 1.29 is 4.79 Å². The zero-order valence-corrected chi connectivity index (χ0v) is 11.4. The van der Waals surface area contributed by atoms with Crippen LogP contribution in [0.15, 0.2) is 6.07 Å². The summed E-state index contributed by atoms with van der Waals surface area (Å²) in [7, 11) is 0. The van der Waals surface area contributed by atoms with E-state index in [-0.39, 0.29) is 5.91 Å². The molecule has 1 saturated heterocycles. The van der Waals surface area contributed by atoms with E-state index in [1.807, 2.05) is 16.2 Å². The molecular formula is C13H20N2OS. The van der Waals surface area contributed by atoms with Crippen molar-refractivity contribution in [1.82, 2.24) is 10.2 Å². The number of aryl methyl sites for hydroxylation is 2. The van der Waals surface area contributed by atoms with Crippen LogP contribution in [0.5, 0.6) is 0 Å². The zero-order valence-electron chi connectivity index (χ0n) is 10.6. The van der Waals surface area contributed by atoms with Gasteiger partial charge in [0.2, 0.25) is 5.91 Å². The first-order valence-electron chi connectivity index (χ1n) is 6.21. The number of nitrogens with one attached hydrogen (secondary N) is 1. The molecule has 1 aliphatic rings. The fourth-order valence-electron chi connectivity index (χ4n) is 2.24. The van der Waals surface area contributed by atoms with E-state index < -0.39 is 0 Å². The highest BCUT2D eigenvalue weighted by Gasteiger charge is 2.17. The highest BCUT2D eigenvalue weighted by Crippen LogP contribution is 2.20. The van der Waals surface area contributed by atoms with Crippen molar-refractivity contribution in [3.63, 3.8) is 0 Å². The number of likely N-dealkylation sites (tertiary alicyclic amines) is 1. The Hall–Kier alpha value is -0.870. The maximum Gasteiger partial charge on any atom is 0.236 e. The van der Waals surface area contributed by atoms with Crippen LogP contribution in [0.3, 0.4) is 0 Å². The Bertz CT molecular complexity index is 394. The molecule has 0 aliphatic carbocycles. The molecule has 0 aromatic carbocycles. The third-order valence-electron chi connectivity index (χ3n) is 3.19. The van der Waals surface area contributed by atoms with E-state index >= 15 is 0 Å². The summed E-state index contributed by atoms with van der Waals surface area (Å²) in [6, 6.07) is 2.20. The second-order valence-corrected chi connectivity index (χ2v) is 6.09. The molecule has 17 heavy (non-hydrogen) atoms. The molecule has 0 atom stereocenters. The van der Waals surface area contributed by atoms with Crippen LogP contribution < -0.4 is 5.32 Å². The molecule has 0 spiro atoms. The lowest BCUT2D eigenvalue weighted by molar-refractivity contribution is -0.129. The highest BCUT2D eigenvalue weighted by atomic mass is 32.1. The quantitative estimate of drug-likeness (QED) is 0.890. The van der Waals surface area contributed by atoms with E-state index in [0.29, 0.717) is 6.54 Å². The van der Waals surface area contributed by atoms with Crippen LogP contribution in [-0.4, -0.2) is 30.4 Å². The fourth-order valence-corrected chi connectivity index (χ4v) is 3.19. The molecule has 3 nitrogen and oxygen atoms in total. The van der Waals surface area contributed by atoms with Gasteiger partial charge in [-0.3, -0.25) is 4.79 Å². The van der Waals surface area contributed by atoms with Crippen LogP contribution in [0.2, 0.25) is 0 Å². The summed E-state index contributed by atoms with van der Waals surface area (Å²) in [4.78, 5) is 16.4. The lowest BCUT2D eigenvalue weighted by Crippen LogP contribution is -2.35. The number of nitrogens with zero attached hydrogens (tertiary/aromatic N) is 1. The summed E-state index contributed by atoms with van der Waals surface area (Å²) in [5.41, 5.74) is 1.32. The topological polar surface area (TPSA) is 32.3 Å². The van der Waals surface area contributed by atoms with Crippen LogP contribution in [-0.2, 0) is 11.3 Å². The predicted octanol–water partition coefficient (Wildman–Crippen LogP) is 2.08. The molecule has 2 heterocycles. The van der Waals surface area contributed by atoms with Gasteiger partial charge in [-0.2, -0.15) is 0 Å². The minimum Gasteiger partial charge on any atom is -0.342 e. The summed E-state index contributed by atoms with van der Waals surface area (Å²) in [5, 5.41) is 3.25. The van der Waals surface area contributed by atoms with Crippen molar-refractivity contribution in [3.8, 4) is 0 Å². The van der Waals surface area contributed by atoms with E-state index in [4.69, 9.17) is 0 Å². The lowest BCUT2D eigenvalue weighted by Gasteiger charge is -2.15. The minimum absolute atomic E-state index is 0.243. The van der Waals surface area contributed by atoms with Gasteiger partial charge < -0.3 is 10.2 Å². The van der Waals surface area contributed by atoms with Crippen LogP contribution in [0.1, 0.15) is 28.2 Å². The highest BCUT2D eigenvalue weighted by molar-refractivity contribution is 7.12. The number of carbonyl (C=O) groups excluding carboxylic acids is 1. The molecular weight excluding hydrogens is 232 g/mol. The van der Waals surface area contributed by atoms with Crippen LogP contribution >= 0.6 is 11.3 Å². The first-order chi connectivity index (χ1) is 8.16. The van der Waals surface area contributed by atoms with Gasteiger partial charge in [0.25, 0.3) is 0 Å². The van der Waals surface area contributed by atoms with Crippen LogP contribution in [0, 0.1) is 13.8 Å². The third kappa shape index (κ3) is 3.30. The Morgan fingerprint density at radius 2 is 2.12 bits per heavy atom. The summed E-state index contributed by atoms with van der Waals surface area (Å²) in [5.74, 6) is 0.243. The number of hydrogen-bond donors (Lipinski definition) is 1. The number of thiophene rings is 1. The SMILES string of the molecule is Cc1cc(CNCC(=O)N2CCCC2)c(C)s1. The van der Waals surface area contributed by atoms with E-state index in [1.54, 1.807) is 0 Å².